The highest BCUT2D eigenvalue weighted by Gasteiger charge is 2.53. The highest BCUT2D eigenvalue weighted by Crippen LogP contribution is 2.47. The average molecular weight is 702 g/mol. The molecule has 0 aromatic heterocycles. The molecule has 0 unspecified atom stereocenters. The monoisotopic (exact) mass is 701 g/mol. The van der Waals surface area contributed by atoms with Gasteiger partial charge >= 0.3 is 0 Å². The molecule has 0 radical (unpaired) electrons. The zero-order valence-corrected chi connectivity index (χ0v) is 28.7. The second-order valence-electron chi connectivity index (χ2n) is 12.8. The van der Waals surface area contributed by atoms with Gasteiger partial charge in [0.1, 0.15) is 0 Å². The molecule has 2 atom stereocenters. The van der Waals surface area contributed by atoms with E-state index in [-0.39, 0.29) is 55.6 Å². The molecule has 2 aliphatic heterocycles. The van der Waals surface area contributed by atoms with Crippen LogP contribution in [0.3, 0.4) is 0 Å². The summed E-state index contributed by atoms with van der Waals surface area (Å²) >= 11 is 0. The molecule has 3 amide bonds. The van der Waals surface area contributed by atoms with Crippen molar-refractivity contribution in [2.24, 2.45) is 11.0 Å². The van der Waals surface area contributed by atoms with E-state index in [1.807, 2.05) is 60.7 Å². The predicted octanol–water partition coefficient (Wildman–Crippen LogP) is 5.46. The number of amides is 3. The molecular formula is C40H39N5O7. The first kappa shape index (κ1) is 35.8. The number of aliphatic hydroxyl groups is 2. The number of hydrogen-bond acceptors (Lipinski definition) is 8. The predicted molar refractivity (Wildman–Crippen MR) is 196 cm³/mol. The van der Waals surface area contributed by atoms with Crippen molar-refractivity contribution in [1.82, 2.24) is 4.90 Å². The molecule has 6 rings (SSSR count). The molecule has 4 aromatic rings. The van der Waals surface area contributed by atoms with Gasteiger partial charge < -0.3 is 20.0 Å². The van der Waals surface area contributed by atoms with Gasteiger partial charge in [0.2, 0.25) is 11.8 Å². The van der Waals surface area contributed by atoms with E-state index >= 15 is 0 Å². The summed E-state index contributed by atoms with van der Waals surface area (Å²) in [5.74, 6) is -1.99. The Hall–Kier alpha value is -5.98. The van der Waals surface area contributed by atoms with E-state index in [0.717, 1.165) is 16.8 Å². The second-order valence-corrected chi connectivity index (χ2v) is 12.8. The van der Waals surface area contributed by atoms with Gasteiger partial charge in [-0.1, -0.05) is 91.9 Å². The molecule has 4 aromatic carbocycles. The van der Waals surface area contributed by atoms with Gasteiger partial charge in [0, 0.05) is 56.0 Å². The lowest BCUT2D eigenvalue weighted by molar-refractivity contribution is -0.385. The minimum Gasteiger partial charge on any atom is -0.395 e. The van der Waals surface area contributed by atoms with Crippen molar-refractivity contribution in [2.75, 3.05) is 23.1 Å². The highest BCUT2D eigenvalue weighted by molar-refractivity contribution is 6.09. The van der Waals surface area contributed by atoms with Gasteiger partial charge in [-0.15, -0.1) is 0 Å². The maximum Gasteiger partial charge on any atom is 0.269 e. The maximum absolute atomic E-state index is 14.2. The number of nitro benzene ring substituents is 1. The fourth-order valence-corrected chi connectivity index (χ4v) is 6.62. The largest absolute Gasteiger partial charge is 0.395 e. The third kappa shape index (κ3) is 7.39. The molecule has 0 aliphatic carbocycles. The van der Waals surface area contributed by atoms with E-state index in [2.05, 4.69) is 5.10 Å². The van der Waals surface area contributed by atoms with Crippen LogP contribution in [0.1, 0.15) is 48.4 Å². The molecule has 12 heteroatoms. The number of nitro groups is 1. The molecule has 0 bridgehead atoms. The highest BCUT2D eigenvalue weighted by atomic mass is 16.6. The van der Waals surface area contributed by atoms with Crippen LogP contribution in [0.15, 0.2) is 120 Å². The normalized spacial score (nSPS) is 17.6. The van der Waals surface area contributed by atoms with Crippen LogP contribution in [-0.2, 0) is 33.1 Å². The lowest BCUT2D eigenvalue weighted by atomic mass is 9.82. The number of anilines is 2. The molecule has 0 saturated heterocycles. The van der Waals surface area contributed by atoms with E-state index in [9.17, 15) is 34.7 Å². The van der Waals surface area contributed by atoms with E-state index in [1.165, 1.54) is 33.0 Å². The topological polar surface area (TPSA) is 157 Å². The fraction of sp³-hybridized carbons (Fsp3) is 0.250. The van der Waals surface area contributed by atoms with E-state index in [0.29, 0.717) is 29.9 Å². The van der Waals surface area contributed by atoms with Crippen molar-refractivity contribution in [2.45, 2.75) is 44.9 Å². The molecule has 0 fully saturated rings. The molecule has 2 aliphatic rings. The number of rotatable bonds is 13. The third-order valence-corrected chi connectivity index (χ3v) is 9.41. The zero-order chi connectivity index (χ0) is 36.8. The first-order valence-corrected chi connectivity index (χ1v) is 17.1. The first-order chi connectivity index (χ1) is 25.1. The van der Waals surface area contributed by atoms with Gasteiger partial charge in [0.15, 0.2) is 5.60 Å². The van der Waals surface area contributed by atoms with Crippen molar-refractivity contribution in [3.63, 3.8) is 0 Å². The van der Waals surface area contributed by atoms with Crippen molar-refractivity contribution in [3.8, 4) is 0 Å². The average Bonchev–Trinajstić information content (AvgIpc) is 3.37. The first-order valence-electron chi connectivity index (χ1n) is 17.1. The minimum atomic E-state index is -2.18. The summed E-state index contributed by atoms with van der Waals surface area (Å²) in [6.07, 6.45) is 3.87. The molecule has 2 heterocycles. The Morgan fingerprint density at radius 1 is 0.981 bits per heavy atom. The molecule has 0 saturated carbocycles. The SMILES string of the molecule is C[C@H](/C=C/CC(=O)N(CCO)Cc1ccccc1)[C@@]1(O)C(=O)N(Cc2cccc(N3N=C(c4ccccc4)CCC3=O)c2)c2ccc([N+](=O)[O-])cc21. The second kappa shape index (κ2) is 15.5. The number of carbonyl (C=O) groups is 3. The van der Waals surface area contributed by atoms with Crippen LogP contribution >= 0.6 is 0 Å². The Labute approximate surface area is 301 Å². The molecule has 52 heavy (non-hydrogen) atoms. The number of fused-ring (bicyclic) bond motifs is 1. The summed E-state index contributed by atoms with van der Waals surface area (Å²) in [5, 5.41) is 39.5. The van der Waals surface area contributed by atoms with Crippen LogP contribution in [0.4, 0.5) is 17.1 Å². The Morgan fingerprint density at radius 2 is 1.69 bits per heavy atom. The van der Waals surface area contributed by atoms with Gasteiger partial charge in [-0.25, -0.2) is 5.01 Å². The van der Waals surface area contributed by atoms with Gasteiger partial charge in [-0.2, -0.15) is 5.10 Å². The number of hydrogen-bond donors (Lipinski definition) is 2. The van der Waals surface area contributed by atoms with Crippen LogP contribution in [0, 0.1) is 16.0 Å². The summed E-state index contributed by atoms with van der Waals surface area (Å²) in [5.41, 5.74) is 1.71. The van der Waals surface area contributed by atoms with Crippen LogP contribution in [0.25, 0.3) is 0 Å². The van der Waals surface area contributed by atoms with E-state index in [4.69, 9.17) is 0 Å². The van der Waals surface area contributed by atoms with E-state index in [1.54, 1.807) is 43.3 Å². The molecule has 266 valence electrons. The standard InChI is InChI=1S/C40H39N5O7/c1-28(10-8-17-37(47)42(22-23-46)26-29-11-4-2-5-12-29)40(50)34-25-33(45(51)52)18-20-36(34)43(39(40)49)27-30-13-9-16-32(24-30)44-38(48)21-19-35(41-44)31-14-6-3-7-15-31/h2-16,18,20,24-25,28,46,50H,17,19,21-23,26-27H2,1H3/b10-8+/t28-,40+/m1/s1. The molecule has 12 nitrogen and oxygen atoms in total. The zero-order valence-electron chi connectivity index (χ0n) is 28.7. The lowest BCUT2D eigenvalue weighted by Gasteiger charge is -2.28. The number of carbonyl (C=O) groups excluding carboxylic acids is 3. The number of benzene rings is 4. The van der Waals surface area contributed by atoms with Gasteiger partial charge in [-0.05, 0) is 34.9 Å². The van der Waals surface area contributed by atoms with Crippen LogP contribution in [-0.4, -0.2) is 56.6 Å². The molecular weight excluding hydrogens is 662 g/mol. The summed E-state index contributed by atoms with van der Waals surface area (Å²) < 4.78 is 0. The van der Waals surface area contributed by atoms with Crippen LogP contribution in [0.2, 0.25) is 0 Å². The van der Waals surface area contributed by atoms with Crippen molar-refractivity contribution in [1.29, 1.82) is 0 Å². The fourth-order valence-electron chi connectivity index (χ4n) is 6.62. The number of non-ortho nitro benzene ring substituents is 1. The maximum atomic E-state index is 14.2. The van der Waals surface area contributed by atoms with Gasteiger partial charge in [-0.3, -0.25) is 24.5 Å². The summed E-state index contributed by atoms with van der Waals surface area (Å²) in [7, 11) is 0. The third-order valence-electron chi connectivity index (χ3n) is 9.41. The minimum absolute atomic E-state index is 0.00159. The molecule has 0 spiro atoms. The smallest absolute Gasteiger partial charge is 0.269 e. The van der Waals surface area contributed by atoms with Gasteiger partial charge in [0.05, 0.1) is 35.2 Å². The quantitative estimate of drug-likeness (QED) is 0.106. The summed E-state index contributed by atoms with van der Waals surface area (Å²) in [4.78, 5) is 54.4. The Balaban J connectivity index is 1.24. The van der Waals surface area contributed by atoms with Crippen LogP contribution in [0.5, 0.6) is 0 Å². The molecule has 2 N–H and O–H groups in total. The van der Waals surface area contributed by atoms with Crippen LogP contribution < -0.4 is 9.91 Å². The Bertz CT molecular complexity index is 2030. The van der Waals surface area contributed by atoms with Gasteiger partial charge in [0.25, 0.3) is 11.6 Å². The van der Waals surface area contributed by atoms with Crippen molar-refractivity contribution < 1.29 is 29.5 Å². The number of aliphatic hydroxyl groups excluding tert-OH is 1. The lowest BCUT2D eigenvalue weighted by Crippen LogP contribution is -2.44. The number of nitrogens with zero attached hydrogens (tertiary/aromatic N) is 5. The Morgan fingerprint density at radius 3 is 2.40 bits per heavy atom. The van der Waals surface area contributed by atoms with E-state index < -0.39 is 22.3 Å². The Kier molecular flexibility index (Phi) is 10.7. The summed E-state index contributed by atoms with van der Waals surface area (Å²) in [6, 6.07) is 30.0. The number of hydrazone groups is 1. The summed E-state index contributed by atoms with van der Waals surface area (Å²) in [6.45, 7) is 1.86. The van der Waals surface area contributed by atoms with Crippen molar-refractivity contribution >= 4 is 40.5 Å². The van der Waals surface area contributed by atoms with Crippen molar-refractivity contribution in [3.05, 3.63) is 148 Å².